The maximum atomic E-state index is 12.2. The standard InChI is InChI=1S/C22H22N4O2S/c1-15-5-3-7-18(11-15)25-21(27)13-29-14-22(28)26-19-8-4-6-17(12-19)20-9-10-23-16(2)24-20/h3-12H,13-14H2,1-2H3,(H,25,27)(H,26,28). The van der Waals surface area contributed by atoms with E-state index in [1.165, 1.54) is 11.8 Å². The number of aryl methyl sites for hydroxylation is 2. The van der Waals surface area contributed by atoms with Crippen molar-refractivity contribution < 1.29 is 9.59 Å². The van der Waals surface area contributed by atoms with E-state index in [1.807, 2.05) is 68.4 Å². The fourth-order valence-electron chi connectivity index (χ4n) is 2.73. The summed E-state index contributed by atoms with van der Waals surface area (Å²) in [4.78, 5) is 32.7. The molecule has 148 valence electrons. The topological polar surface area (TPSA) is 84.0 Å². The summed E-state index contributed by atoms with van der Waals surface area (Å²) in [5, 5.41) is 5.70. The van der Waals surface area contributed by atoms with Gasteiger partial charge in [0.15, 0.2) is 0 Å². The molecular weight excluding hydrogens is 384 g/mol. The number of nitrogens with zero attached hydrogens (tertiary/aromatic N) is 2. The Balaban J connectivity index is 1.48. The van der Waals surface area contributed by atoms with Gasteiger partial charge in [-0.2, -0.15) is 0 Å². The molecule has 0 aliphatic heterocycles. The first kappa shape index (κ1) is 20.5. The quantitative estimate of drug-likeness (QED) is 0.618. The third-order valence-electron chi connectivity index (χ3n) is 3.99. The molecule has 0 aliphatic carbocycles. The third kappa shape index (κ3) is 6.43. The number of benzene rings is 2. The van der Waals surface area contributed by atoms with Crippen LogP contribution in [0.1, 0.15) is 11.4 Å². The van der Waals surface area contributed by atoms with Crippen LogP contribution < -0.4 is 10.6 Å². The average molecular weight is 407 g/mol. The molecule has 3 aromatic rings. The average Bonchev–Trinajstić information content (AvgIpc) is 2.68. The second-order valence-corrected chi connectivity index (χ2v) is 7.51. The van der Waals surface area contributed by atoms with Crippen LogP contribution in [0.15, 0.2) is 60.8 Å². The second kappa shape index (κ2) is 9.84. The van der Waals surface area contributed by atoms with E-state index in [0.717, 1.165) is 22.5 Å². The van der Waals surface area contributed by atoms with Gasteiger partial charge in [-0.25, -0.2) is 9.97 Å². The van der Waals surface area contributed by atoms with Crippen molar-refractivity contribution in [3.63, 3.8) is 0 Å². The highest BCUT2D eigenvalue weighted by molar-refractivity contribution is 8.00. The SMILES string of the molecule is Cc1cccc(NC(=O)CSCC(=O)Nc2cccc(-c3ccnc(C)n3)c2)c1. The summed E-state index contributed by atoms with van der Waals surface area (Å²) in [5.41, 5.74) is 4.23. The molecule has 2 amide bonds. The van der Waals surface area contributed by atoms with Gasteiger partial charge in [-0.3, -0.25) is 9.59 Å². The van der Waals surface area contributed by atoms with Crippen LogP contribution >= 0.6 is 11.8 Å². The highest BCUT2D eigenvalue weighted by atomic mass is 32.2. The monoisotopic (exact) mass is 406 g/mol. The lowest BCUT2D eigenvalue weighted by Gasteiger charge is -2.08. The van der Waals surface area contributed by atoms with Crippen molar-refractivity contribution in [2.75, 3.05) is 22.1 Å². The van der Waals surface area contributed by atoms with Gasteiger partial charge < -0.3 is 10.6 Å². The lowest BCUT2D eigenvalue weighted by atomic mass is 10.1. The molecule has 1 aromatic heterocycles. The minimum atomic E-state index is -0.158. The Bertz CT molecular complexity index is 1020. The van der Waals surface area contributed by atoms with Crippen LogP contribution in [-0.2, 0) is 9.59 Å². The largest absolute Gasteiger partial charge is 0.325 e. The van der Waals surface area contributed by atoms with Crippen LogP contribution in [-0.4, -0.2) is 33.3 Å². The molecule has 0 saturated carbocycles. The number of thioether (sulfide) groups is 1. The molecule has 0 bridgehead atoms. The Morgan fingerprint density at radius 2 is 1.55 bits per heavy atom. The Morgan fingerprint density at radius 3 is 2.21 bits per heavy atom. The Kier molecular flexibility index (Phi) is 6.97. The molecule has 0 spiro atoms. The van der Waals surface area contributed by atoms with Crippen molar-refractivity contribution in [1.29, 1.82) is 0 Å². The Hall–Kier alpha value is -3.19. The van der Waals surface area contributed by atoms with Crippen molar-refractivity contribution in [1.82, 2.24) is 9.97 Å². The van der Waals surface area contributed by atoms with Crippen LogP contribution in [0.4, 0.5) is 11.4 Å². The fourth-order valence-corrected chi connectivity index (χ4v) is 3.34. The van der Waals surface area contributed by atoms with Crippen LogP contribution in [0.2, 0.25) is 0 Å². The van der Waals surface area contributed by atoms with Crippen molar-refractivity contribution in [2.24, 2.45) is 0 Å². The molecule has 0 fully saturated rings. The van der Waals surface area contributed by atoms with Gasteiger partial charge in [0, 0.05) is 23.1 Å². The summed E-state index contributed by atoms with van der Waals surface area (Å²) in [6.45, 7) is 3.80. The van der Waals surface area contributed by atoms with Crippen LogP contribution in [0.25, 0.3) is 11.3 Å². The summed E-state index contributed by atoms with van der Waals surface area (Å²) >= 11 is 1.27. The summed E-state index contributed by atoms with van der Waals surface area (Å²) in [6, 6.07) is 16.9. The number of rotatable bonds is 7. The van der Waals surface area contributed by atoms with E-state index in [9.17, 15) is 9.59 Å². The van der Waals surface area contributed by atoms with Crippen LogP contribution in [0.5, 0.6) is 0 Å². The number of aromatic nitrogens is 2. The van der Waals surface area contributed by atoms with Gasteiger partial charge in [-0.15, -0.1) is 11.8 Å². The predicted octanol–water partition coefficient (Wildman–Crippen LogP) is 4.07. The van der Waals surface area contributed by atoms with E-state index in [4.69, 9.17) is 0 Å². The first-order valence-electron chi connectivity index (χ1n) is 9.14. The van der Waals surface area contributed by atoms with Crippen molar-refractivity contribution in [3.8, 4) is 11.3 Å². The summed E-state index contributed by atoms with van der Waals surface area (Å²) < 4.78 is 0. The van der Waals surface area contributed by atoms with Crippen molar-refractivity contribution in [2.45, 2.75) is 13.8 Å². The highest BCUT2D eigenvalue weighted by Crippen LogP contribution is 2.21. The minimum Gasteiger partial charge on any atom is -0.325 e. The van der Waals surface area contributed by atoms with Crippen LogP contribution in [0, 0.1) is 13.8 Å². The van der Waals surface area contributed by atoms with E-state index in [2.05, 4.69) is 20.6 Å². The molecule has 0 aliphatic rings. The third-order valence-corrected chi connectivity index (χ3v) is 4.92. The molecule has 2 aromatic carbocycles. The van der Waals surface area contributed by atoms with Gasteiger partial charge in [-0.05, 0) is 49.7 Å². The summed E-state index contributed by atoms with van der Waals surface area (Å²) in [5.74, 6) is 0.806. The van der Waals surface area contributed by atoms with E-state index >= 15 is 0 Å². The predicted molar refractivity (Wildman–Crippen MR) is 118 cm³/mol. The smallest absolute Gasteiger partial charge is 0.234 e. The van der Waals surface area contributed by atoms with Gasteiger partial charge in [0.1, 0.15) is 5.82 Å². The molecule has 3 rings (SSSR count). The van der Waals surface area contributed by atoms with Gasteiger partial charge in [0.25, 0.3) is 0 Å². The summed E-state index contributed by atoms with van der Waals surface area (Å²) in [7, 11) is 0. The maximum Gasteiger partial charge on any atom is 0.234 e. The van der Waals surface area contributed by atoms with Gasteiger partial charge in [0.2, 0.25) is 11.8 Å². The zero-order valence-electron chi connectivity index (χ0n) is 16.3. The first-order chi connectivity index (χ1) is 14.0. The van der Waals surface area contributed by atoms with E-state index in [-0.39, 0.29) is 23.3 Å². The van der Waals surface area contributed by atoms with Gasteiger partial charge in [-0.1, -0.05) is 24.3 Å². The normalized spacial score (nSPS) is 10.4. The molecule has 0 radical (unpaired) electrons. The first-order valence-corrected chi connectivity index (χ1v) is 10.3. The molecule has 6 nitrogen and oxygen atoms in total. The number of amides is 2. The Labute approximate surface area is 174 Å². The maximum absolute atomic E-state index is 12.2. The van der Waals surface area contributed by atoms with E-state index in [1.54, 1.807) is 6.20 Å². The number of hydrogen-bond donors (Lipinski definition) is 2. The Morgan fingerprint density at radius 1 is 0.897 bits per heavy atom. The number of anilines is 2. The number of nitrogens with one attached hydrogen (secondary N) is 2. The second-order valence-electron chi connectivity index (χ2n) is 6.53. The van der Waals surface area contributed by atoms with Crippen LogP contribution in [0.3, 0.4) is 0 Å². The molecule has 2 N–H and O–H groups in total. The number of hydrogen-bond acceptors (Lipinski definition) is 5. The van der Waals surface area contributed by atoms with Gasteiger partial charge in [0.05, 0.1) is 17.2 Å². The van der Waals surface area contributed by atoms with Crippen molar-refractivity contribution in [3.05, 3.63) is 72.2 Å². The molecular formula is C22H22N4O2S. The number of carbonyl (C=O) groups excluding carboxylic acids is 2. The molecule has 0 unspecified atom stereocenters. The lowest BCUT2D eigenvalue weighted by molar-refractivity contribution is -0.114. The molecule has 0 saturated heterocycles. The number of carbonyl (C=O) groups is 2. The lowest BCUT2D eigenvalue weighted by Crippen LogP contribution is -2.18. The zero-order chi connectivity index (χ0) is 20.6. The summed E-state index contributed by atoms with van der Waals surface area (Å²) in [6.07, 6.45) is 1.71. The molecule has 0 atom stereocenters. The van der Waals surface area contributed by atoms with E-state index in [0.29, 0.717) is 11.5 Å². The minimum absolute atomic E-state index is 0.130. The van der Waals surface area contributed by atoms with Gasteiger partial charge >= 0.3 is 0 Å². The zero-order valence-corrected chi connectivity index (χ0v) is 17.1. The van der Waals surface area contributed by atoms with E-state index < -0.39 is 0 Å². The van der Waals surface area contributed by atoms with Crippen molar-refractivity contribution >= 4 is 35.0 Å². The molecule has 29 heavy (non-hydrogen) atoms. The highest BCUT2D eigenvalue weighted by Gasteiger charge is 2.08. The molecule has 7 heteroatoms. The molecule has 1 heterocycles. The fraction of sp³-hybridized carbons (Fsp3) is 0.182.